The number of imidazole rings is 1. The van der Waals surface area contributed by atoms with Crippen molar-refractivity contribution in [3.8, 4) is 0 Å². The molecule has 0 bridgehead atoms. The van der Waals surface area contributed by atoms with E-state index in [0.717, 1.165) is 11.0 Å². The highest BCUT2D eigenvalue weighted by atomic mass is 16.6. The van der Waals surface area contributed by atoms with Crippen molar-refractivity contribution in [3.05, 3.63) is 64.2 Å². The molecule has 3 aromatic rings. The van der Waals surface area contributed by atoms with Gasteiger partial charge >= 0.3 is 0 Å². The number of hydrazone groups is 1. The number of aromatic nitrogens is 2. The minimum atomic E-state index is -0.427. The highest BCUT2D eigenvalue weighted by Gasteiger charge is 2.07. The minimum absolute atomic E-state index is 0.0378. The lowest BCUT2D eigenvalue weighted by Gasteiger charge is -2.01. The monoisotopic (exact) mass is 295 g/mol. The van der Waals surface area contributed by atoms with Crippen LogP contribution >= 0.6 is 0 Å². The van der Waals surface area contributed by atoms with Gasteiger partial charge in [-0.1, -0.05) is 24.3 Å². The SMILES string of the molecule is C/C(=N/Nc1nc2ccccc2[nH]1)c1cccc([N+](=O)[O-])c1. The predicted octanol–water partition coefficient (Wildman–Crippen LogP) is 3.31. The maximum atomic E-state index is 10.8. The lowest BCUT2D eigenvalue weighted by atomic mass is 10.1. The molecule has 0 radical (unpaired) electrons. The van der Waals surface area contributed by atoms with E-state index in [1.165, 1.54) is 12.1 Å². The van der Waals surface area contributed by atoms with Crippen LogP contribution in [0, 0.1) is 10.1 Å². The second kappa shape index (κ2) is 5.65. The zero-order valence-corrected chi connectivity index (χ0v) is 11.8. The number of nitrogens with zero attached hydrogens (tertiary/aromatic N) is 3. The Bertz CT molecular complexity index is 836. The summed E-state index contributed by atoms with van der Waals surface area (Å²) in [4.78, 5) is 17.8. The zero-order chi connectivity index (χ0) is 15.5. The average Bonchev–Trinajstić information content (AvgIpc) is 2.95. The maximum absolute atomic E-state index is 10.8. The number of nitro groups is 1. The van der Waals surface area contributed by atoms with Crippen molar-refractivity contribution < 1.29 is 4.92 Å². The first kappa shape index (κ1) is 13.7. The summed E-state index contributed by atoms with van der Waals surface area (Å²) in [6.07, 6.45) is 0. The maximum Gasteiger partial charge on any atom is 0.270 e. The summed E-state index contributed by atoms with van der Waals surface area (Å²) in [5.74, 6) is 0.519. The first-order chi connectivity index (χ1) is 10.6. The number of rotatable bonds is 4. The Kier molecular flexibility index (Phi) is 3.53. The highest BCUT2D eigenvalue weighted by Crippen LogP contribution is 2.15. The van der Waals surface area contributed by atoms with Crippen molar-refractivity contribution in [1.82, 2.24) is 9.97 Å². The van der Waals surface area contributed by atoms with E-state index in [-0.39, 0.29) is 5.69 Å². The van der Waals surface area contributed by atoms with Gasteiger partial charge in [0.25, 0.3) is 5.69 Å². The highest BCUT2D eigenvalue weighted by molar-refractivity contribution is 5.99. The van der Waals surface area contributed by atoms with Gasteiger partial charge in [-0.15, -0.1) is 0 Å². The third-order valence-electron chi connectivity index (χ3n) is 3.19. The molecule has 0 saturated heterocycles. The molecule has 22 heavy (non-hydrogen) atoms. The number of nitro benzene ring substituents is 1. The van der Waals surface area contributed by atoms with E-state index in [0.29, 0.717) is 17.2 Å². The molecule has 0 saturated carbocycles. The van der Waals surface area contributed by atoms with Gasteiger partial charge in [-0.25, -0.2) is 10.4 Å². The molecule has 2 aromatic carbocycles. The van der Waals surface area contributed by atoms with Gasteiger partial charge in [-0.05, 0) is 19.1 Å². The van der Waals surface area contributed by atoms with Crippen LogP contribution in [-0.4, -0.2) is 20.6 Å². The van der Waals surface area contributed by atoms with Gasteiger partial charge in [0.15, 0.2) is 0 Å². The van der Waals surface area contributed by atoms with Gasteiger partial charge in [0.1, 0.15) is 0 Å². The van der Waals surface area contributed by atoms with E-state index >= 15 is 0 Å². The van der Waals surface area contributed by atoms with Crippen molar-refractivity contribution in [2.45, 2.75) is 6.92 Å². The number of anilines is 1. The van der Waals surface area contributed by atoms with E-state index in [1.807, 2.05) is 24.3 Å². The van der Waals surface area contributed by atoms with Crippen LogP contribution in [0.25, 0.3) is 11.0 Å². The lowest BCUT2D eigenvalue weighted by molar-refractivity contribution is -0.384. The Balaban J connectivity index is 1.82. The topological polar surface area (TPSA) is 96.2 Å². The molecule has 1 aromatic heterocycles. The van der Waals surface area contributed by atoms with Gasteiger partial charge in [0, 0.05) is 17.7 Å². The van der Waals surface area contributed by atoms with Crippen LogP contribution in [0.4, 0.5) is 11.6 Å². The summed E-state index contributed by atoms with van der Waals surface area (Å²) in [7, 11) is 0. The standard InChI is InChI=1S/C15H13N5O2/c1-10(11-5-4-6-12(9-11)20(21)22)18-19-15-16-13-7-2-3-8-14(13)17-15/h2-9H,1H3,(H2,16,17,19)/b18-10-. The molecule has 7 heteroatoms. The molecule has 7 nitrogen and oxygen atoms in total. The summed E-state index contributed by atoms with van der Waals surface area (Å²) in [6.45, 7) is 1.77. The van der Waals surface area contributed by atoms with E-state index in [4.69, 9.17) is 0 Å². The molecule has 0 atom stereocenters. The Morgan fingerprint density at radius 3 is 2.86 bits per heavy atom. The number of aromatic amines is 1. The summed E-state index contributed by atoms with van der Waals surface area (Å²) in [5, 5.41) is 15.0. The van der Waals surface area contributed by atoms with Crippen LogP contribution in [-0.2, 0) is 0 Å². The third kappa shape index (κ3) is 2.78. The molecule has 0 aliphatic rings. The van der Waals surface area contributed by atoms with Gasteiger partial charge in [0.2, 0.25) is 5.95 Å². The van der Waals surface area contributed by atoms with Crippen LogP contribution in [0.2, 0.25) is 0 Å². The van der Waals surface area contributed by atoms with Gasteiger partial charge in [-0.2, -0.15) is 5.10 Å². The van der Waals surface area contributed by atoms with Crippen LogP contribution in [0.5, 0.6) is 0 Å². The Labute approximate surface area is 125 Å². The van der Waals surface area contributed by atoms with Crippen LogP contribution in [0.3, 0.4) is 0 Å². The number of hydrogen-bond acceptors (Lipinski definition) is 5. The fraction of sp³-hybridized carbons (Fsp3) is 0.0667. The van der Waals surface area contributed by atoms with Crippen molar-refractivity contribution in [2.75, 3.05) is 5.43 Å². The molecule has 0 aliphatic heterocycles. The van der Waals surface area contributed by atoms with E-state index < -0.39 is 4.92 Å². The summed E-state index contributed by atoms with van der Waals surface area (Å²) in [6, 6.07) is 14.0. The van der Waals surface area contributed by atoms with Crippen LogP contribution < -0.4 is 5.43 Å². The second-order valence-corrected chi connectivity index (χ2v) is 4.72. The van der Waals surface area contributed by atoms with Gasteiger partial charge in [-0.3, -0.25) is 10.1 Å². The molecule has 0 fully saturated rings. The number of benzene rings is 2. The summed E-state index contributed by atoms with van der Waals surface area (Å²) in [5.41, 5.74) is 5.93. The lowest BCUT2D eigenvalue weighted by Crippen LogP contribution is -2.01. The van der Waals surface area contributed by atoms with Crippen molar-refractivity contribution in [1.29, 1.82) is 0 Å². The molecule has 3 rings (SSSR count). The van der Waals surface area contributed by atoms with E-state index in [2.05, 4.69) is 20.5 Å². The molecule has 0 aliphatic carbocycles. The number of para-hydroxylation sites is 2. The zero-order valence-electron chi connectivity index (χ0n) is 11.8. The minimum Gasteiger partial charge on any atom is -0.323 e. The summed E-state index contributed by atoms with van der Waals surface area (Å²) < 4.78 is 0. The fourth-order valence-corrected chi connectivity index (χ4v) is 2.05. The third-order valence-corrected chi connectivity index (χ3v) is 3.19. The Morgan fingerprint density at radius 2 is 2.09 bits per heavy atom. The normalized spacial score (nSPS) is 11.6. The van der Waals surface area contributed by atoms with E-state index in [9.17, 15) is 10.1 Å². The van der Waals surface area contributed by atoms with Crippen LogP contribution in [0.15, 0.2) is 53.6 Å². The molecule has 0 spiro atoms. The fourth-order valence-electron chi connectivity index (χ4n) is 2.05. The second-order valence-electron chi connectivity index (χ2n) is 4.72. The predicted molar refractivity (Wildman–Crippen MR) is 85.0 cm³/mol. The quantitative estimate of drug-likeness (QED) is 0.438. The largest absolute Gasteiger partial charge is 0.323 e. The molecule has 110 valence electrons. The van der Waals surface area contributed by atoms with Crippen molar-refractivity contribution in [2.24, 2.45) is 5.10 Å². The molecule has 1 heterocycles. The smallest absolute Gasteiger partial charge is 0.270 e. The molecule has 0 unspecified atom stereocenters. The van der Waals surface area contributed by atoms with E-state index in [1.54, 1.807) is 19.1 Å². The Morgan fingerprint density at radius 1 is 1.27 bits per heavy atom. The van der Waals surface area contributed by atoms with Gasteiger partial charge in [0.05, 0.1) is 21.7 Å². The number of non-ortho nitro benzene ring substituents is 1. The number of nitrogens with one attached hydrogen (secondary N) is 2. The number of fused-ring (bicyclic) bond motifs is 1. The first-order valence-corrected chi connectivity index (χ1v) is 6.63. The molecule has 2 N–H and O–H groups in total. The first-order valence-electron chi connectivity index (χ1n) is 6.63. The van der Waals surface area contributed by atoms with Crippen molar-refractivity contribution >= 4 is 28.4 Å². The number of H-pyrrole nitrogens is 1. The Hall–Kier alpha value is -3.22. The van der Waals surface area contributed by atoms with Crippen LogP contribution in [0.1, 0.15) is 12.5 Å². The molecular formula is C15H13N5O2. The average molecular weight is 295 g/mol. The number of hydrogen-bond donors (Lipinski definition) is 2. The summed E-state index contributed by atoms with van der Waals surface area (Å²) >= 11 is 0. The van der Waals surface area contributed by atoms with Gasteiger partial charge < -0.3 is 4.98 Å². The molecular weight excluding hydrogens is 282 g/mol. The van der Waals surface area contributed by atoms with Crippen molar-refractivity contribution in [3.63, 3.8) is 0 Å². The molecule has 0 amide bonds.